The molecule has 1 aliphatic heterocycles. The van der Waals surface area contributed by atoms with Gasteiger partial charge >= 0.3 is 0 Å². The van der Waals surface area contributed by atoms with Crippen LogP contribution in [0.25, 0.3) is 6.08 Å². The van der Waals surface area contributed by atoms with Gasteiger partial charge < -0.3 is 30.3 Å². The molecule has 0 bridgehead atoms. The molecule has 1 unspecified atom stereocenters. The Morgan fingerprint density at radius 2 is 1.81 bits per heavy atom. The summed E-state index contributed by atoms with van der Waals surface area (Å²) in [7, 11) is 0. The van der Waals surface area contributed by atoms with E-state index in [-0.39, 0.29) is 5.57 Å². The van der Waals surface area contributed by atoms with Gasteiger partial charge in [0.25, 0.3) is 5.91 Å². The Hall–Kier alpha value is -2.44. The molecule has 1 amide bonds. The molecule has 0 aliphatic carbocycles. The molecule has 8 heteroatoms. The number of nitriles is 1. The summed E-state index contributed by atoms with van der Waals surface area (Å²) >= 11 is 0. The molecule has 1 aliphatic rings. The lowest BCUT2D eigenvalue weighted by Gasteiger charge is -2.41. The maximum Gasteiger partial charge on any atom is 0.262 e. The van der Waals surface area contributed by atoms with E-state index in [1.54, 1.807) is 6.92 Å². The minimum atomic E-state index is -1.34. The standard InChI is InChI=1S/C23H33N3O5/c1-4-10-26(11-5-2)18-8-6-16(7-9-18)12-17(13-24)23(30)25-20-15(3)31-19(14-27)21(28)22(20)29/h6-9,12,15,19-22,27-29H,4-5,10-11,14H2,1-3H3,(H,25,30)/b17-12+/t15?,19-,20+,21-,22-/m1/s1. The second-order valence-electron chi connectivity index (χ2n) is 7.79. The summed E-state index contributed by atoms with van der Waals surface area (Å²) in [6, 6.07) is 8.63. The maximum atomic E-state index is 12.6. The monoisotopic (exact) mass is 431 g/mol. The topological polar surface area (TPSA) is 126 Å². The molecule has 2 rings (SSSR count). The Balaban J connectivity index is 2.12. The van der Waals surface area contributed by atoms with Crippen LogP contribution in [0.2, 0.25) is 0 Å². The van der Waals surface area contributed by atoms with Crippen LogP contribution in [0.15, 0.2) is 29.8 Å². The molecule has 4 N–H and O–H groups in total. The van der Waals surface area contributed by atoms with Gasteiger partial charge in [-0.2, -0.15) is 5.26 Å². The number of carbonyl (C=O) groups excluding carboxylic acids is 1. The van der Waals surface area contributed by atoms with E-state index in [0.717, 1.165) is 31.6 Å². The van der Waals surface area contributed by atoms with Crippen molar-refractivity contribution in [3.05, 3.63) is 35.4 Å². The zero-order valence-electron chi connectivity index (χ0n) is 18.4. The Bertz CT molecular complexity index is 783. The van der Waals surface area contributed by atoms with E-state index in [1.807, 2.05) is 30.3 Å². The number of nitrogens with one attached hydrogen (secondary N) is 1. The summed E-state index contributed by atoms with van der Waals surface area (Å²) < 4.78 is 5.46. The molecule has 31 heavy (non-hydrogen) atoms. The number of anilines is 1. The Morgan fingerprint density at radius 3 is 2.32 bits per heavy atom. The summed E-state index contributed by atoms with van der Waals surface area (Å²) in [4.78, 5) is 14.9. The van der Waals surface area contributed by atoms with Crippen LogP contribution in [-0.4, -0.2) is 71.4 Å². The largest absolute Gasteiger partial charge is 0.394 e. The van der Waals surface area contributed by atoms with E-state index in [1.165, 1.54) is 6.08 Å². The van der Waals surface area contributed by atoms with Gasteiger partial charge in [0.15, 0.2) is 0 Å². The minimum absolute atomic E-state index is 0.120. The first-order valence-corrected chi connectivity index (χ1v) is 10.8. The molecule has 0 saturated carbocycles. The predicted octanol–water partition coefficient (Wildman–Crippen LogP) is 1.21. The number of carbonyl (C=O) groups is 1. The van der Waals surface area contributed by atoms with Gasteiger partial charge in [-0.05, 0) is 43.5 Å². The zero-order valence-corrected chi connectivity index (χ0v) is 18.4. The fourth-order valence-electron chi connectivity index (χ4n) is 3.74. The first-order chi connectivity index (χ1) is 14.9. The summed E-state index contributed by atoms with van der Waals surface area (Å²) in [6.45, 7) is 7.36. The van der Waals surface area contributed by atoms with Crippen molar-refractivity contribution in [3.8, 4) is 6.07 Å². The zero-order chi connectivity index (χ0) is 23.0. The average Bonchev–Trinajstić information content (AvgIpc) is 2.77. The number of aliphatic hydroxyl groups excluding tert-OH is 3. The molecular formula is C23H33N3O5. The van der Waals surface area contributed by atoms with Crippen LogP contribution >= 0.6 is 0 Å². The van der Waals surface area contributed by atoms with E-state index in [4.69, 9.17) is 4.74 Å². The second-order valence-corrected chi connectivity index (χ2v) is 7.79. The van der Waals surface area contributed by atoms with Gasteiger partial charge in [0, 0.05) is 18.8 Å². The number of ether oxygens (including phenoxy) is 1. The lowest BCUT2D eigenvalue weighted by Crippen LogP contribution is -2.63. The van der Waals surface area contributed by atoms with Gasteiger partial charge in [-0.3, -0.25) is 4.79 Å². The molecule has 1 aromatic rings. The van der Waals surface area contributed by atoms with Crippen LogP contribution in [-0.2, 0) is 9.53 Å². The van der Waals surface area contributed by atoms with Crippen molar-refractivity contribution >= 4 is 17.7 Å². The second kappa shape index (κ2) is 11.8. The van der Waals surface area contributed by atoms with Crippen molar-refractivity contribution in [1.82, 2.24) is 5.32 Å². The van der Waals surface area contributed by atoms with E-state index in [2.05, 4.69) is 24.1 Å². The minimum Gasteiger partial charge on any atom is -0.394 e. The molecule has 1 heterocycles. The number of benzene rings is 1. The van der Waals surface area contributed by atoms with Crippen LogP contribution in [0.3, 0.4) is 0 Å². The van der Waals surface area contributed by atoms with Crippen molar-refractivity contribution in [1.29, 1.82) is 5.26 Å². The smallest absolute Gasteiger partial charge is 0.262 e. The highest BCUT2D eigenvalue weighted by molar-refractivity contribution is 6.01. The van der Waals surface area contributed by atoms with Gasteiger partial charge in [0.05, 0.1) is 18.8 Å². The molecule has 1 fully saturated rings. The third kappa shape index (κ3) is 6.28. The molecule has 0 radical (unpaired) electrons. The number of hydrogen-bond donors (Lipinski definition) is 4. The van der Waals surface area contributed by atoms with Crippen LogP contribution in [0, 0.1) is 11.3 Å². The van der Waals surface area contributed by atoms with Gasteiger partial charge in [-0.1, -0.05) is 26.0 Å². The number of amides is 1. The van der Waals surface area contributed by atoms with Gasteiger partial charge in [0.2, 0.25) is 0 Å². The van der Waals surface area contributed by atoms with Gasteiger partial charge in [0.1, 0.15) is 30.0 Å². The number of rotatable bonds is 9. The molecule has 0 spiro atoms. The SMILES string of the molecule is CCCN(CCC)c1ccc(/C=C(\C#N)C(=O)N[C@H]2C(C)O[C@H](CO)[C@@H](O)[C@@H]2O)cc1. The normalized spacial score (nSPS) is 26.2. The highest BCUT2D eigenvalue weighted by Crippen LogP contribution is 2.22. The van der Waals surface area contributed by atoms with E-state index < -0.39 is 43.0 Å². The summed E-state index contributed by atoms with van der Waals surface area (Å²) in [5.41, 5.74) is 1.68. The van der Waals surface area contributed by atoms with Crippen LogP contribution in [0.4, 0.5) is 5.69 Å². The van der Waals surface area contributed by atoms with Gasteiger partial charge in [-0.15, -0.1) is 0 Å². The third-order valence-corrected chi connectivity index (χ3v) is 5.39. The van der Waals surface area contributed by atoms with Crippen LogP contribution < -0.4 is 10.2 Å². The van der Waals surface area contributed by atoms with Crippen LogP contribution in [0.1, 0.15) is 39.2 Å². The number of aliphatic hydroxyl groups is 3. The maximum absolute atomic E-state index is 12.6. The summed E-state index contributed by atoms with van der Waals surface area (Å²) in [5.74, 6) is -0.667. The van der Waals surface area contributed by atoms with Gasteiger partial charge in [-0.25, -0.2) is 0 Å². The Morgan fingerprint density at radius 1 is 1.19 bits per heavy atom. The summed E-state index contributed by atoms with van der Waals surface area (Å²) in [6.07, 6.45) is -0.678. The molecule has 0 aromatic heterocycles. The average molecular weight is 432 g/mol. The van der Waals surface area contributed by atoms with Crippen molar-refractivity contribution in [2.24, 2.45) is 0 Å². The first kappa shape index (κ1) is 24.8. The van der Waals surface area contributed by atoms with Crippen molar-refractivity contribution < 1.29 is 24.9 Å². The Labute approximate surface area is 183 Å². The Kier molecular flexibility index (Phi) is 9.46. The van der Waals surface area contributed by atoms with Crippen molar-refractivity contribution in [2.75, 3.05) is 24.6 Å². The fourth-order valence-corrected chi connectivity index (χ4v) is 3.74. The lowest BCUT2D eigenvalue weighted by molar-refractivity contribution is -0.190. The quantitative estimate of drug-likeness (QED) is 0.342. The highest BCUT2D eigenvalue weighted by Gasteiger charge is 2.43. The number of nitrogens with zero attached hydrogens (tertiary/aromatic N) is 2. The molecule has 8 nitrogen and oxygen atoms in total. The molecular weight excluding hydrogens is 398 g/mol. The third-order valence-electron chi connectivity index (χ3n) is 5.39. The van der Waals surface area contributed by atoms with E-state index >= 15 is 0 Å². The molecule has 1 saturated heterocycles. The lowest BCUT2D eigenvalue weighted by atomic mass is 9.93. The number of hydrogen-bond acceptors (Lipinski definition) is 7. The van der Waals surface area contributed by atoms with Crippen molar-refractivity contribution in [2.45, 2.75) is 64.1 Å². The molecule has 5 atom stereocenters. The summed E-state index contributed by atoms with van der Waals surface area (Å²) in [5, 5.41) is 41.6. The van der Waals surface area contributed by atoms with E-state index in [0.29, 0.717) is 5.56 Å². The fraction of sp³-hybridized carbons (Fsp3) is 0.565. The predicted molar refractivity (Wildman–Crippen MR) is 118 cm³/mol. The highest BCUT2D eigenvalue weighted by atomic mass is 16.5. The molecule has 1 aromatic carbocycles. The van der Waals surface area contributed by atoms with Crippen LogP contribution in [0.5, 0.6) is 0 Å². The molecule has 170 valence electrons. The van der Waals surface area contributed by atoms with E-state index in [9.17, 15) is 25.4 Å². The van der Waals surface area contributed by atoms with Crippen molar-refractivity contribution in [3.63, 3.8) is 0 Å². The first-order valence-electron chi connectivity index (χ1n) is 10.8.